The minimum atomic E-state index is -0.679. The first-order chi connectivity index (χ1) is 11.1. The van der Waals surface area contributed by atoms with Crippen molar-refractivity contribution in [2.45, 2.75) is 39.8 Å². The van der Waals surface area contributed by atoms with Crippen molar-refractivity contribution < 1.29 is 14.2 Å². The molecule has 0 aromatic carbocycles. The number of hydrogen-bond acceptors (Lipinski definition) is 8. The number of aryl methyl sites for hydroxylation is 1. The number of hydrogen-bond donors (Lipinski definition) is 1. The number of carbonyl (C=O) groups is 1. The van der Waals surface area contributed by atoms with Crippen LogP contribution in [-0.2, 0) is 16.1 Å². The maximum Gasteiger partial charge on any atom is 0.329 e. The second-order valence-electron chi connectivity index (χ2n) is 4.81. The van der Waals surface area contributed by atoms with Crippen molar-refractivity contribution >= 4 is 11.8 Å². The first-order valence-electron chi connectivity index (χ1n) is 7.34. The van der Waals surface area contributed by atoms with Crippen molar-refractivity contribution in [3.8, 4) is 0 Å². The second kappa shape index (κ2) is 7.52. The van der Waals surface area contributed by atoms with E-state index in [1.807, 2.05) is 6.92 Å². The Balaban J connectivity index is 2.21. The van der Waals surface area contributed by atoms with Crippen molar-refractivity contribution in [2.24, 2.45) is 0 Å². The van der Waals surface area contributed by atoms with Gasteiger partial charge in [0, 0.05) is 12.4 Å². The average molecular weight is 321 g/mol. The molecule has 1 N–H and O–H groups in total. The molecule has 0 aliphatic rings. The molecule has 2 rings (SSSR count). The van der Waals surface area contributed by atoms with E-state index in [9.17, 15) is 9.59 Å². The first-order valence-corrected chi connectivity index (χ1v) is 7.34. The smallest absolute Gasteiger partial charge is 0.329 e. The van der Waals surface area contributed by atoms with Crippen LogP contribution < -0.4 is 10.9 Å². The molecule has 2 aromatic rings. The number of rotatable bonds is 7. The lowest BCUT2D eigenvalue weighted by molar-refractivity contribution is -0.147. The first kappa shape index (κ1) is 16.7. The lowest BCUT2D eigenvalue weighted by Gasteiger charge is -2.17. The van der Waals surface area contributed by atoms with Gasteiger partial charge in [0.2, 0.25) is 0 Å². The van der Waals surface area contributed by atoms with Crippen molar-refractivity contribution in [1.29, 1.82) is 0 Å². The summed E-state index contributed by atoms with van der Waals surface area (Å²) in [5.74, 6) is -0.316. The highest BCUT2D eigenvalue weighted by molar-refractivity contribution is 5.74. The van der Waals surface area contributed by atoms with Gasteiger partial charge in [0.15, 0.2) is 5.82 Å². The van der Waals surface area contributed by atoms with Crippen molar-refractivity contribution in [3.05, 3.63) is 34.1 Å². The van der Waals surface area contributed by atoms with E-state index in [2.05, 4.69) is 25.2 Å². The fraction of sp³-hybridized carbons (Fsp3) is 0.500. The van der Waals surface area contributed by atoms with Gasteiger partial charge in [-0.25, -0.2) is 14.4 Å². The van der Waals surface area contributed by atoms with Gasteiger partial charge in [-0.2, -0.15) is 0 Å². The molecule has 23 heavy (non-hydrogen) atoms. The van der Waals surface area contributed by atoms with Gasteiger partial charge in [0.05, 0.1) is 13.2 Å². The minimum absolute atomic E-state index is 0.123. The van der Waals surface area contributed by atoms with Gasteiger partial charge in [-0.15, -0.1) is 0 Å². The molecule has 0 aliphatic carbocycles. The quantitative estimate of drug-likeness (QED) is 0.753. The Morgan fingerprint density at radius 1 is 1.43 bits per heavy atom. The van der Waals surface area contributed by atoms with Gasteiger partial charge in [0.25, 0.3) is 5.56 Å². The third-order valence-electron chi connectivity index (χ3n) is 3.32. The summed E-state index contributed by atoms with van der Waals surface area (Å²) in [5.41, 5.74) is 0.812. The summed E-state index contributed by atoms with van der Waals surface area (Å²) in [6.45, 7) is 5.79. The SMILES string of the molecule is CCOC(=O)C(CC)n1ccnc(NCc2nonc2C)c1=O. The zero-order chi connectivity index (χ0) is 16.8. The third kappa shape index (κ3) is 3.74. The molecule has 1 unspecified atom stereocenters. The van der Waals surface area contributed by atoms with Gasteiger partial charge >= 0.3 is 5.97 Å². The number of anilines is 1. The monoisotopic (exact) mass is 321 g/mol. The van der Waals surface area contributed by atoms with Crippen LogP contribution in [-0.4, -0.2) is 32.4 Å². The Morgan fingerprint density at radius 3 is 2.83 bits per heavy atom. The average Bonchev–Trinajstić information content (AvgIpc) is 2.94. The van der Waals surface area contributed by atoms with Gasteiger partial charge in [-0.1, -0.05) is 17.2 Å². The number of carbonyl (C=O) groups excluding carboxylic acids is 1. The van der Waals surface area contributed by atoms with Crippen molar-refractivity contribution in [3.63, 3.8) is 0 Å². The molecule has 9 heteroatoms. The van der Waals surface area contributed by atoms with Gasteiger partial charge in [-0.05, 0) is 20.3 Å². The predicted molar refractivity (Wildman–Crippen MR) is 80.8 cm³/mol. The van der Waals surface area contributed by atoms with Crippen molar-refractivity contribution in [2.75, 3.05) is 11.9 Å². The van der Waals surface area contributed by atoms with E-state index >= 15 is 0 Å². The van der Waals surface area contributed by atoms with Crippen LogP contribution in [0.25, 0.3) is 0 Å². The summed E-state index contributed by atoms with van der Waals surface area (Å²) in [6.07, 6.45) is 3.37. The second-order valence-corrected chi connectivity index (χ2v) is 4.81. The summed E-state index contributed by atoms with van der Waals surface area (Å²) in [4.78, 5) is 28.5. The highest BCUT2D eigenvalue weighted by Crippen LogP contribution is 2.12. The predicted octanol–water partition coefficient (Wildman–Crippen LogP) is 1.06. The normalized spacial score (nSPS) is 12.0. The van der Waals surface area contributed by atoms with Crippen LogP contribution >= 0.6 is 0 Å². The maximum absolute atomic E-state index is 12.5. The molecular weight excluding hydrogens is 302 g/mol. The molecule has 1 atom stereocenters. The van der Waals surface area contributed by atoms with Gasteiger partial charge < -0.3 is 10.1 Å². The van der Waals surface area contributed by atoms with E-state index in [0.717, 1.165) is 0 Å². The number of aromatic nitrogens is 4. The van der Waals surface area contributed by atoms with E-state index in [1.165, 1.54) is 17.0 Å². The van der Waals surface area contributed by atoms with Crippen LogP contribution in [0.4, 0.5) is 5.82 Å². The number of ether oxygens (including phenoxy) is 1. The fourth-order valence-electron chi connectivity index (χ4n) is 2.08. The molecular formula is C14H19N5O4. The van der Waals surface area contributed by atoms with Crippen LogP contribution in [0.15, 0.2) is 21.8 Å². The molecule has 0 fully saturated rings. The molecule has 0 radical (unpaired) electrons. The van der Waals surface area contributed by atoms with Gasteiger partial charge in [0.1, 0.15) is 17.4 Å². The molecule has 2 aromatic heterocycles. The summed E-state index contributed by atoms with van der Waals surface area (Å²) in [6, 6.07) is -0.679. The van der Waals surface area contributed by atoms with E-state index in [4.69, 9.17) is 4.74 Å². The van der Waals surface area contributed by atoms with Crippen LogP contribution in [0.2, 0.25) is 0 Å². The molecule has 0 spiro atoms. The lowest BCUT2D eigenvalue weighted by Crippen LogP contribution is -2.32. The number of esters is 1. The zero-order valence-corrected chi connectivity index (χ0v) is 13.3. The number of nitrogens with zero attached hydrogens (tertiary/aromatic N) is 4. The van der Waals surface area contributed by atoms with E-state index in [0.29, 0.717) is 17.8 Å². The molecule has 0 saturated carbocycles. The minimum Gasteiger partial charge on any atom is -0.464 e. The molecule has 9 nitrogen and oxygen atoms in total. The standard InChI is InChI=1S/C14H19N5O4/c1-4-11(14(21)22-5-2)19-7-6-15-12(13(19)20)16-8-10-9(3)17-23-18-10/h6-7,11H,4-5,8H2,1-3H3,(H,15,16). The van der Waals surface area contributed by atoms with E-state index in [1.54, 1.807) is 13.8 Å². The molecule has 0 amide bonds. The fourth-order valence-corrected chi connectivity index (χ4v) is 2.08. The molecule has 0 bridgehead atoms. The summed E-state index contributed by atoms with van der Waals surface area (Å²) in [5, 5.41) is 10.3. The Labute approximate surface area is 132 Å². The Morgan fingerprint density at radius 2 is 2.22 bits per heavy atom. The molecule has 124 valence electrons. The molecule has 2 heterocycles. The van der Waals surface area contributed by atoms with Crippen LogP contribution in [0.3, 0.4) is 0 Å². The summed E-state index contributed by atoms with van der Waals surface area (Å²) < 4.78 is 10.9. The summed E-state index contributed by atoms with van der Waals surface area (Å²) in [7, 11) is 0. The highest BCUT2D eigenvalue weighted by atomic mass is 16.6. The highest BCUT2D eigenvalue weighted by Gasteiger charge is 2.22. The lowest BCUT2D eigenvalue weighted by atomic mass is 10.2. The molecule has 0 saturated heterocycles. The van der Waals surface area contributed by atoms with Crippen LogP contribution in [0.5, 0.6) is 0 Å². The zero-order valence-electron chi connectivity index (χ0n) is 13.3. The topological polar surface area (TPSA) is 112 Å². The van der Waals surface area contributed by atoms with E-state index in [-0.39, 0.29) is 19.0 Å². The Bertz CT molecular complexity index is 724. The van der Waals surface area contributed by atoms with Crippen LogP contribution in [0, 0.1) is 6.92 Å². The third-order valence-corrected chi connectivity index (χ3v) is 3.32. The Hall–Kier alpha value is -2.71. The van der Waals surface area contributed by atoms with Crippen molar-refractivity contribution in [1.82, 2.24) is 19.9 Å². The van der Waals surface area contributed by atoms with E-state index < -0.39 is 17.6 Å². The number of nitrogens with one attached hydrogen (secondary N) is 1. The Kier molecular flexibility index (Phi) is 5.45. The van der Waals surface area contributed by atoms with Crippen LogP contribution in [0.1, 0.15) is 37.7 Å². The van der Waals surface area contributed by atoms with Gasteiger partial charge in [-0.3, -0.25) is 9.36 Å². The molecule has 0 aliphatic heterocycles. The summed E-state index contributed by atoms with van der Waals surface area (Å²) >= 11 is 0. The maximum atomic E-state index is 12.5. The largest absolute Gasteiger partial charge is 0.464 e.